The Morgan fingerprint density at radius 3 is 1.50 bits per heavy atom. The van der Waals surface area contributed by atoms with Gasteiger partial charge in [-0.25, -0.2) is 0 Å². The van der Waals surface area contributed by atoms with Crippen LogP contribution in [0.1, 0.15) is 25.0 Å². The molecule has 1 rings (SSSR count). The zero-order chi connectivity index (χ0) is 16.8. The van der Waals surface area contributed by atoms with Crippen molar-refractivity contribution in [2.45, 2.75) is 13.8 Å². The Labute approximate surface area is 132 Å². The number of hydrogen-bond donors (Lipinski definition) is 2. The summed E-state index contributed by atoms with van der Waals surface area (Å²) in [5.74, 6) is 0. The summed E-state index contributed by atoms with van der Waals surface area (Å²) in [6.45, 7) is 6.21. The number of ether oxygens (including phenoxy) is 2. The summed E-state index contributed by atoms with van der Waals surface area (Å²) in [5.41, 5.74) is 2.25. The van der Waals surface area contributed by atoms with E-state index in [1.165, 1.54) is 0 Å². The topological polar surface area (TPSA) is 90.1 Å². The van der Waals surface area contributed by atoms with Crippen LogP contribution in [-0.2, 0) is 9.47 Å². The van der Waals surface area contributed by atoms with Crippen molar-refractivity contribution in [1.82, 2.24) is 0 Å². The number of anilines is 2. The Balaban J connectivity index is 0.00000211. The molecule has 0 spiro atoms. The van der Waals surface area contributed by atoms with Crippen LogP contribution in [-0.4, -0.2) is 40.5 Å². The van der Waals surface area contributed by atoms with Gasteiger partial charge in [0.05, 0.1) is 35.7 Å². The van der Waals surface area contributed by atoms with Crippen LogP contribution in [0.5, 0.6) is 0 Å². The van der Waals surface area contributed by atoms with Gasteiger partial charge in [-0.3, -0.25) is 0 Å². The molecule has 0 heterocycles. The monoisotopic (exact) mass is 304 g/mol. The number of methoxy groups -OCH3 is 2. The standard InChI is InChI=1S/C14H18N4O2.C2H6/c1-19-5-3-17-13-7-12(10-16)14(8-11(13)9-15)18-4-6-20-2;1-2/h7-8,17-18H,3-6H2,1-2H3;1-2H3. The van der Waals surface area contributed by atoms with Crippen LogP contribution < -0.4 is 10.6 Å². The lowest BCUT2D eigenvalue weighted by Crippen LogP contribution is -2.11. The van der Waals surface area contributed by atoms with Gasteiger partial charge in [0.1, 0.15) is 12.1 Å². The first-order valence-corrected chi connectivity index (χ1v) is 7.20. The van der Waals surface area contributed by atoms with Gasteiger partial charge in [0.25, 0.3) is 0 Å². The van der Waals surface area contributed by atoms with Crippen molar-refractivity contribution in [3.8, 4) is 12.1 Å². The molecule has 0 amide bonds. The normalized spacial score (nSPS) is 9.00. The Morgan fingerprint density at radius 1 is 0.864 bits per heavy atom. The molecule has 1 aromatic carbocycles. The number of rotatable bonds is 8. The van der Waals surface area contributed by atoms with Gasteiger partial charge < -0.3 is 20.1 Å². The van der Waals surface area contributed by atoms with E-state index in [0.29, 0.717) is 48.8 Å². The molecule has 0 unspecified atom stereocenters. The molecule has 0 aliphatic carbocycles. The fourth-order valence-corrected chi connectivity index (χ4v) is 1.65. The van der Waals surface area contributed by atoms with Crippen molar-refractivity contribution in [3.63, 3.8) is 0 Å². The molecular formula is C16H24N4O2. The second-order valence-electron chi connectivity index (χ2n) is 4.01. The van der Waals surface area contributed by atoms with Crippen LogP contribution in [0.4, 0.5) is 11.4 Å². The van der Waals surface area contributed by atoms with Crippen molar-refractivity contribution >= 4 is 11.4 Å². The zero-order valence-corrected chi connectivity index (χ0v) is 13.7. The maximum Gasteiger partial charge on any atom is 0.101 e. The van der Waals surface area contributed by atoms with E-state index in [-0.39, 0.29) is 0 Å². The molecule has 2 N–H and O–H groups in total. The second kappa shape index (κ2) is 12.5. The molecule has 22 heavy (non-hydrogen) atoms. The average molecular weight is 304 g/mol. The van der Waals surface area contributed by atoms with Gasteiger partial charge in [0, 0.05) is 27.3 Å². The number of nitriles is 2. The minimum atomic E-state index is 0.486. The van der Waals surface area contributed by atoms with Crippen molar-refractivity contribution in [2.24, 2.45) is 0 Å². The van der Waals surface area contributed by atoms with E-state index in [2.05, 4.69) is 22.8 Å². The highest BCUT2D eigenvalue weighted by Crippen LogP contribution is 2.24. The molecular weight excluding hydrogens is 280 g/mol. The van der Waals surface area contributed by atoms with Gasteiger partial charge in [-0.05, 0) is 12.1 Å². The molecule has 0 radical (unpaired) electrons. The molecule has 0 aromatic heterocycles. The van der Waals surface area contributed by atoms with Crippen LogP contribution in [0, 0.1) is 22.7 Å². The van der Waals surface area contributed by atoms with Crippen molar-refractivity contribution in [1.29, 1.82) is 10.5 Å². The summed E-state index contributed by atoms with van der Waals surface area (Å²) in [6, 6.07) is 7.58. The minimum absolute atomic E-state index is 0.486. The lowest BCUT2D eigenvalue weighted by atomic mass is 10.1. The largest absolute Gasteiger partial charge is 0.383 e. The molecule has 0 atom stereocenters. The molecule has 0 fully saturated rings. The SMILES string of the molecule is CC.COCCNc1cc(C#N)c(NCCOC)cc1C#N. The molecule has 1 aromatic rings. The Bertz CT molecular complexity index is 470. The Morgan fingerprint density at radius 2 is 1.23 bits per heavy atom. The van der Waals surface area contributed by atoms with E-state index < -0.39 is 0 Å². The highest BCUT2D eigenvalue weighted by Gasteiger charge is 2.09. The predicted octanol–water partition coefficient (Wildman–Crippen LogP) is 2.57. The molecule has 0 saturated heterocycles. The van der Waals surface area contributed by atoms with Crippen LogP contribution in [0.25, 0.3) is 0 Å². The lowest BCUT2D eigenvalue weighted by Gasteiger charge is -2.12. The van der Waals surface area contributed by atoms with Crippen LogP contribution in [0.3, 0.4) is 0 Å². The average Bonchev–Trinajstić information content (AvgIpc) is 2.57. The molecule has 0 saturated carbocycles. The molecule has 0 bridgehead atoms. The minimum Gasteiger partial charge on any atom is -0.383 e. The second-order valence-corrected chi connectivity index (χ2v) is 4.01. The summed E-state index contributed by atoms with van der Waals surface area (Å²) in [6.07, 6.45) is 0. The predicted molar refractivity (Wildman–Crippen MR) is 88.0 cm³/mol. The zero-order valence-electron chi connectivity index (χ0n) is 13.7. The summed E-state index contributed by atoms with van der Waals surface area (Å²) in [5, 5.41) is 24.5. The summed E-state index contributed by atoms with van der Waals surface area (Å²) < 4.78 is 9.89. The van der Waals surface area contributed by atoms with Gasteiger partial charge in [-0.1, -0.05) is 13.8 Å². The lowest BCUT2D eigenvalue weighted by molar-refractivity contribution is 0.210. The highest BCUT2D eigenvalue weighted by molar-refractivity contribution is 5.71. The number of hydrogen-bond acceptors (Lipinski definition) is 6. The summed E-state index contributed by atoms with van der Waals surface area (Å²) in [4.78, 5) is 0. The first-order valence-electron chi connectivity index (χ1n) is 7.20. The van der Waals surface area contributed by atoms with Crippen LogP contribution >= 0.6 is 0 Å². The van der Waals surface area contributed by atoms with E-state index in [4.69, 9.17) is 9.47 Å². The van der Waals surface area contributed by atoms with Gasteiger partial charge in [-0.2, -0.15) is 10.5 Å². The highest BCUT2D eigenvalue weighted by atomic mass is 16.5. The third-order valence-electron chi connectivity index (χ3n) is 2.64. The third kappa shape index (κ3) is 6.45. The van der Waals surface area contributed by atoms with Gasteiger partial charge >= 0.3 is 0 Å². The van der Waals surface area contributed by atoms with Crippen LogP contribution in [0.2, 0.25) is 0 Å². The smallest absolute Gasteiger partial charge is 0.101 e. The summed E-state index contributed by atoms with van der Waals surface area (Å²) in [7, 11) is 3.22. The van der Waals surface area contributed by atoms with E-state index in [1.54, 1.807) is 26.4 Å². The van der Waals surface area contributed by atoms with E-state index in [1.807, 2.05) is 13.8 Å². The Kier molecular flexibility index (Phi) is 11.2. The molecule has 0 aliphatic rings. The summed E-state index contributed by atoms with van der Waals surface area (Å²) >= 11 is 0. The number of nitrogens with one attached hydrogen (secondary N) is 2. The quantitative estimate of drug-likeness (QED) is 0.717. The molecule has 6 nitrogen and oxygen atoms in total. The van der Waals surface area contributed by atoms with Crippen molar-refractivity contribution in [3.05, 3.63) is 23.3 Å². The van der Waals surface area contributed by atoms with Crippen molar-refractivity contribution in [2.75, 3.05) is 51.2 Å². The first-order chi connectivity index (χ1) is 10.8. The van der Waals surface area contributed by atoms with Gasteiger partial charge in [0.2, 0.25) is 0 Å². The molecule has 6 heteroatoms. The maximum absolute atomic E-state index is 9.18. The van der Waals surface area contributed by atoms with Crippen LogP contribution in [0.15, 0.2) is 12.1 Å². The first kappa shape index (κ1) is 19.7. The van der Waals surface area contributed by atoms with Crippen molar-refractivity contribution < 1.29 is 9.47 Å². The number of benzene rings is 1. The van der Waals surface area contributed by atoms with E-state index in [9.17, 15) is 10.5 Å². The van der Waals surface area contributed by atoms with Gasteiger partial charge in [-0.15, -0.1) is 0 Å². The fraction of sp³-hybridized carbons (Fsp3) is 0.500. The van der Waals surface area contributed by atoms with E-state index >= 15 is 0 Å². The Hall–Kier alpha value is -2.28. The number of nitrogens with zero attached hydrogens (tertiary/aromatic N) is 2. The molecule has 120 valence electrons. The van der Waals surface area contributed by atoms with E-state index in [0.717, 1.165) is 0 Å². The molecule has 0 aliphatic heterocycles. The third-order valence-corrected chi connectivity index (χ3v) is 2.64. The maximum atomic E-state index is 9.18. The van der Waals surface area contributed by atoms with Gasteiger partial charge in [0.15, 0.2) is 0 Å². The fourth-order valence-electron chi connectivity index (χ4n) is 1.65.